The van der Waals surface area contributed by atoms with Gasteiger partial charge < -0.3 is 9.53 Å². The molecular formula is C7H14O2. The van der Waals surface area contributed by atoms with Crippen LogP contribution in [0, 0.1) is 5.92 Å². The topological polar surface area (TPSA) is 26.3 Å². The molecule has 0 heterocycles. The predicted molar refractivity (Wildman–Crippen MR) is 36.3 cm³/mol. The zero-order chi connectivity index (χ0) is 7.28. The molecule has 0 N–H and O–H groups in total. The van der Waals surface area contributed by atoms with Crippen molar-refractivity contribution in [3.63, 3.8) is 0 Å². The minimum Gasteiger partial charge on any atom is -0.374 e. The minimum absolute atomic E-state index is 0.213. The summed E-state index contributed by atoms with van der Waals surface area (Å²) in [4.78, 5) is 10.2. The number of carbonyl (C=O) groups excluding carboxylic acids is 1. The molecule has 2 unspecified atom stereocenters. The van der Waals surface area contributed by atoms with Crippen molar-refractivity contribution in [2.75, 3.05) is 7.11 Å². The number of ether oxygens (including phenoxy) is 1. The van der Waals surface area contributed by atoms with Gasteiger partial charge in [-0.1, -0.05) is 20.3 Å². The SMILES string of the molecule is CCC(C)C(C=O)OC. The Labute approximate surface area is 56.2 Å². The van der Waals surface area contributed by atoms with Crippen molar-refractivity contribution in [2.24, 2.45) is 5.92 Å². The molecule has 2 atom stereocenters. The molecule has 0 rings (SSSR count). The Morgan fingerprint density at radius 2 is 2.22 bits per heavy atom. The summed E-state index contributed by atoms with van der Waals surface area (Å²) in [6.07, 6.45) is 1.63. The zero-order valence-electron chi connectivity index (χ0n) is 6.26. The predicted octanol–water partition coefficient (Wildman–Crippen LogP) is 1.25. The average molecular weight is 130 g/mol. The molecule has 0 saturated carbocycles. The van der Waals surface area contributed by atoms with Gasteiger partial charge in [-0.25, -0.2) is 0 Å². The summed E-state index contributed by atoms with van der Waals surface area (Å²) in [6.45, 7) is 4.04. The Bertz CT molecular complexity index is 81.0. The lowest BCUT2D eigenvalue weighted by Crippen LogP contribution is -2.20. The fraction of sp³-hybridized carbons (Fsp3) is 0.857. The lowest BCUT2D eigenvalue weighted by molar-refractivity contribution is -0.118. The summed E-state index contributed by atoms with van der Waals surface area (Å²) in [5.41, 5.74) is 0. The van der Waals surface area contributed by atoms with Gasteiger partial charge in [0.2, 0.25) is 0 Å². The van der Waals surface area contributed by atoms with E-state index in [0.717, 1.165) is 12.7 Å². The highest BCUT2D eigenvalue weighted by atomic mass is 16.5. The van der Waals surface area contributed by atoms with E-state index in [4.69, 9.17) is 4.74 Å². The molecule has 0 spiro atoms. The van der Waals surface area contributed by atoms with Crippen molar-refractivity contribution in [1.82, 2.24) is 0 Å². The molecule has 0 radical (unpaired) electrons. The van der Waals surface area contributed by atoms with E-state index in [1.165, 1.54) is 0 Å². The van der Waals surface area contributed by atoms with Crippen molar-refractivity contribution in [3.8, 4) is 0 Å². The van der Waals surface area contributed by atoms with E-state index in [-0.39, 0.29) is 6.10 Å². The Balaban J connectivity index is 3.63. The van der Waals surface area contributed by atoms with Gasteiger partial charge in [-0.2, -0.15) is 0 Å². The lowest BCUT2D eigenvalue weighted by atomic mass is 10.0. The van der Waals surface area contributed by atoms with Crippen LogP contribution >= 0.6 is 0 Å². The van der Waals surface area contributed by atoms with E-state index in [1.807, 2.05) is 13.8 Å². The molecule has 0 aromatic rings. The van der Waals surface area contributed by atoms with Crippen molar-refractivity contribution in [2.45, 2.75) is 26.4 Å². The largest absolute Gasteiger partial charge is 0.374 e. The van der Waals surface area contributed by atoms with Gasteiger partial charge in [0.1, 0.15) is 12.4 Å². The van der Waals surface area contributed by atoms with E-state index in [2.05, 4.69) is 0 Å². The number of hydrogen-bond donors (Lipinski definition) is 0. The molecule has 0 aliphatic carbocycles. The van der Waals surface area contributed by atoms with Crippen LogP contribution in [0.2, 0.25) is 0 Å². The Morgan fingerprint density at radius 1 is 1.67 bits per heavy atom. The van der Waals surface area contributed by atoms with Gasteiger partial charge in [0, 0.05) is 7.11 Å². The summed E-state index contributed by atoms with van der Waals surface area (Å²) in [7, 11) is 1.56. The first-order valence-corrected chi connectivity index (χ1v) is 3.24. The second-order valence-corrected chi connectivity index (χ2v) is 2.22. The molecule has 0 saturated heterocycles. The van der Waals surface area contributed by atoms with Crippen LogP contribution in [-0.4, -0.2) is 19.5 Å². The van der Waals surface area contributed by atoms with Crippen LogP contribution in [0.25, 0.3) is 0 Å². The number of aldehydes is 1. The molecular weight excluding hydrogens is 116 g/mol. The van der Waals surface area contributed by atoms with Gasteiger partial charge in [-0.15, -0.1) is 0 Å². The fourth-order valence-electron chi connectivity index (χ4n) is 0.654. The average Bonchev–Trinajstić information content (AvgIpc) is 1.90. The Morgan fingerprint density at radius 3 is 2.33 bits per heavy atom. The van der Waals surface area contributed by atoms with Crippen LogP contribution in [0.3, 0.4) is 0 Å². The highest BCUT2D eigenvalue weighted by Crippen LogP contribution is 2.07. The molecule has 0 aliphatic rings. The first-order chi connectivity index (χ1) is 4.26. The van der Waals surface area contributed by atoms with Gasteiger partial charge in [0.05, 0.1) is 0 Å². The maximum Gasteiger partial charge on any atom is 0.149 e. The second kappa shape index (κ2) is 4.50. The smallest absolute Gasteiger partial charge is 0.149 e. The maximum atomic E-state index is 10.2. The molecule has 0 aromatic heterocycles. The Kier molecular flexibility index (Phi) is 4.32. The van der Waals surface area contributed by atoms with Crippen LogP contribution in [0.1, 0.15) is 20.3 Å². The number of carbonyl (C=O) groups is 1. The summed E-state index contributed by atoms with van der Waals surface area (Å²) in [6, 6.07) is 0. The fourth-order valence-corrected chi connectivity index (χ4v) is 0.654. The third-order valence-electron chi connectivity index (χ3n) is 1.61. The van der Waals surface area contributed by atoms with E-state index in [1.54, 1.807) is 7.11 Å². The van der Waals surface area contributed by atoms with Gasteiger partial charge in [-0.3, -0.25) is 0 Å². The summed E-state index contributed by atoms with van der Waals surface area (Å²) in [5.74, 6) is 0.340. The van der Waals surface area contributed by atoms with Gasteiger partial charge in [-0.05, 0) is 5.92 Å². The summed E-state index contributed by atoms with van der Waals surface area (Å²) >= 11 is 0. The molecule has 2 heteroatoms. The molecule has 0 aliphatic heterocycles. The second-order valence-electron chi connectivity index (χ2n) is 2.22. The monoisotopic (exact) mass is 130 g/mol. The Hall–Kier alpha value is -0.370. The molecule has 0 amide bonds. The van der Waals surface area contributed by atoms with E-state index >= 15 is 0 Å². The van der Waals surface area contributed by atoms with Crippen LogP contribution in [0.5, 0.6) is 0 Å². The summed E-state index contributed by atoms with van der Waals surface area (Å²) in [5, 5.41) is 0. The van der Waals surface area contributed by atoms with Gasteiger partial charge >= 0.3 is 0 Å². The van der Waals surface area contributed by atoms with Crippen LogP contribution in [0.15, 0.2) is 0 Å². The van der Waals surface area contributed by atoms with Crippen LogP contribution in [-0.2, 0) is 9.53 Å². The standard InChI is InChI=1S/C7H14O2/c1-4-6(2)7(5-8)9-3/h5-7H,4H2,1-3H3. The lowest BCUT2D eigenvalue weighted by Gasteiger charge is -2.13. The van der Waals surface area contributed by atoms with Crippen molar-refractivity contribution >= 4 is 6.29 Å². The number of methoxy groups -OCH3 is 1. The highest BCUT2D eigenvalue weighted by Gasteiger charge is 2.12. The van der Waals surface area contributed by atoms with Gasteiger partial charge in [0.25, 0.3) is 0 Å². The molecule has 2 nitrogen and oxygen atoms in total. The van der Waals surface area contributed by atoms with Crippen LogP contribution in [0.4, 0.5) is 0 Å². The number of hydrogen-bond acceptors (Lipinski definition) is 2. The van der Waals surface area contributed by atoms with Crippen molar-refractivity contribution in [1.29, 1.82) is 0 Å². The van der Waals surface area contributed by atoms with E-state index in [0.29, 0.717) is 5.92 Å². The normalized spacial score (nSPS) is 16.8. The zero-order valence-corrected chi connectivity index (χ0v) is 6.26. The number of rotatable bonds is 4. The molecule has 54 valence electrons. The minimum atomic E-state index is -0.213. The maximum absolute atomic E-state index is 10.2. The summed E-state index contributed by atoms with van der Waals surface area (Å²) < 4.78 is 4.88. The first-order valence-electron chi connectivity index (χ1n) is 3.24. The van der Waals surface area contributed by atoms with E-state index in [9.17, 15) is 4.79 Å². The highest BCUT2D eigenvalue weighted by molar-refractivity contribution is 5.56. The third kappa shape index (κ3) is 2.61. The van der Waals surface area contributed by atoms with Crippen molar-refractivity contribution < 1.29 is 9.53 Å². The quantitative estimate of drug-likeness (QED) is 0.535. The van der Waals surface area contributed by atoms with E-state index < -0.39 is 0 Å². The molecule has 0 aromatic carbocycles. The van der Waals surface area contributed by atoms with Crippen LogP contribution < -0.4 is 0 Å². The molecule has 9 heavy (non-hydrogen) atoms. The first kappa shape index (κ1) is 8.63. The van der Waals surface area contributed by atoms with Gasteiger partial charge in [0.15, 0.2) is 0 Å². The third-order valence-corrected chi connectivity index (χ3v) is 1.61. The van der Waals surface area contributed by atoms with Crippen molar-refractivity contribution in [3.05, 3.63) is 0 Å². The molecule has 0 bridgehead atoms. The molecule has 0 fully saturated rings.